The van der Waals surface area contributed by atoms with Crippen LogP contribution in [0.3, 0.4) is 0 Å². The topological polar surface area (TPSA) is 175 Å². The number of carbonyl (C=O) groups excluding carboxylic acids is 4. The van der Waals surface area contributed by atoms with Gasteiger partial charge in [0.15, 0.2) is 0 Å². The lowest BCUT2D eigenvalue weighted by molar-refractivity contribution is -0.136. The molecule has 2 aliphatic heterocycles. The van der Waals surface area contributed by atoms with Gasteiger partial charge in [-0.05, 0) is 59.8 Å². The molecule has 0 spiro atoms. The Labute approximate surface area is 327 Å². The number of alkyl carbamates (subject to hydrolysis) is 2. The number of H-pyrrole nitrogens is 2. The molecule has 4 aromatic rings. The van der Waals surface area contributed by atoms with Gasteiger partial charge in [0.2, 0.25) is 11.8 Å². The van der Waals surface area contributed by atoms with Crippen LogP contribution < -0.4 is 10.6 Å². The Morgan fingerprint density at radius 1 is 0.661 bits per heavy atom. The second-order valence-corrected chi connectivity index (χ2v) is 15.0. The number of imidazole rings is 2. The average molecular weight is 765 g/mol. The zero-order chi connectivity index (χ0) is 39.9. The number of nitrogens with one attached hydrogen (secondary N) is 4. The molecule has 2 fully saturated rings. The molecule has 296 valence electrons. The van der Waals surface area contributed by atoms with Crippen molar-refractivity contribution in [1.82, 2.24) is 40.4 Å². The van der Waals surface area contributed by atoms with Crippen LogP contribution in [0.5, 0.6) is 0 Å². The molecule has 14 heteroatoms. The minimum Gasteiger partial charge on any atom is -0.453 e. The van der Waals surface area contributed by atoms with Crippen LogP contribution in [0, 0.1) is 11.8 Å². The van der Waals surface area contributed by atoms with Gasteiger partial charge in [-0.3, -0.25) is 9.59 Å². The first-order valence-electron chi connectivity index (χ1n) is 19.3. The fraction of sp³-hybridized carbons (Fsp3) is 0.429. The largest absolute Gasteiger partial charge is 0.453 e. The lowest BCUT2D eigenvalue weighted by Crippen LogP contribution is -2.51. The van der Waals surface area contributed by atoms with Crippen molar-refractivity contribution < 1.29 is 28.7 Å². The monoisotopic (exact) mass is 764 g/mol. The van der Waals surface area contributed by atoms with Gasteiger partial charge in [0.25, 0.3) is 0 Å². The quantitative estimate of drug-likeness (QED) is 0.115. The zero-order valence-corrected chi connectivity index (χ0v) is 32.9. The Bertz CT molecular complexity index is 1870. The highest BCUT2D eigenvalue weighted by Crippen LogP contribution is 2.34. The van der Waals surface area contributed by atoms with Crippen molar-refractivity contribution in [3.05, 3.63) is 83.7 Å². The number of aromatic amines is 2. The second kappa shape index (κ2) is 17.7. The summed E-state index contributed by atoms with van der Waals surface area (Å²) < 4.78 is 9.50. The van der Waals surface area contributed by atoms with Crippen LogP contribution in [-0.2, 0) is 19.1 Å². The van der Waals surface area contributed by atoms with Gasteiger partial charge in [-0.25, -0.2) is 19.6 Å². The van der Waals surface area contributed by atoms with Crippen molar-refractivity contribution in [3.63, 3.8) is 0 Å². The van der Waals surface area contributed by atoms with Crippen LogP contribution in [0.15, 0.2) is 60.9 Å². The average Bonchev–Trinajstić information content (AvgIpc) is 4.04. The fourth-order valence-corrected chi connectivity index (χ4v) is 7.43. The SMILES string of the molecule is COC(=O)N[C@@H](C(=O)N1CCC[C@H]1c1ncc(-c2ccc(/C=C/c3ccc(-c4cnc([C@@H]5CCCN5C(=O)[C@H](NC(=O)OC)C(C)C)[nH]4)cc3)cc2)[nH]1)C(C)C. The second-order valence-electron chi connectivity index (χ2n) is 15.0. The molecule has 0 aliphatic carbocycles. The van der Waals surface area contributed by atoms with Crippen molar-refractivity contribution in [2.45, 2.75) is 77.5 Å². The van der Waals surface area contributed by atoms with E-state index in [1.54, 1.807) is 22.2 Å². The Kier molecular flexibility index (Phi) is 12.6. The normalized spacial score (nSPS) is 18.1. The molecule has 6 rings (SSSR count). The predicted molar refractivity (Wildman–Crippen MR) is 213 cm³/mol. The molecule has 4 amide bonds. The Hall–Kier alpha value is -5.92. The number of hydrogen-bond acceptors (Lipinski definition) is 8. The standard InChI is InChI=1S/C42H52N8O6/c1-25(2)35(47-41(53)55-5)39(51)49-21-7-9-33(49)37-43-23-31(45-37)29-17-13-27(14-18-29)11-12-28-15-19-30(20-16-28)32-24-44-38(46-32)34-10-8-22-50(34)40(52)36(26(3)4)48-42(54)56-6/h11-20,23-26,33-36H,7-10,21-22H2,1-6H3,(H,43,45)(H,44,46)(H,47,53)(H,48,54)/b12-11+/t33-,34-,35+,36+/m0/s1. The Morgan fingerprint density at radius 3 is 1.38 bits per heavy atom. The predicted octanol–water partition coefficient (Wildman–Crippen LogP) is 6.73. The van der Waals surface area contributed by atoms with Gasteiger partial charge in [0, 0.05) is 13.1 Å². The maximum Gasteiger partial charge on any atom is 0.407 e. The molecule has 4 atom stereocenters. The van der Waals surface area contributed by atoms with Crippen LogP contribution in [0.25, 0.3) is 34.7 Å². The fourth-order valence-electron chi connectivity index (χ4n) is 7.43. The van der Waals surface area contributed by atoms with E-state index in [4.69, 9.17) is 9.47 Å². The number of hydrogen-bond donors (Lipinski definition) is 4. The maximum absolute atomic E-state index is 13.5. The third kappa shape index (κ3) is 8.96. The highest BCUT2D eigenvalue weighted by atomic mass is 16.5. The molecule has 56 heavy (non-hydrogen) atoms. The van der Waals surface area contributed by atoms with Crippen LogP contribution in [0.1, 0.15) is 88.2 Å². The highest BCUT2D eigenvalue weighted by Gasteiger charge is 2.39. The number of nitrogens with zero attached hydrogens (tertiary/aromatic N) is 4. The van der Waals surface area contributed by atoms with Gasteiger partial charge >= 0.3 is 12.2 Å². The highest BCUT2D eigenvalue weighted by molar-refractivity contribution is 5.87. The molecule has 0 bridgehead atoms. The van der Waals surface area contributed by atoms with Crippen LogP contribution in [-0.4, -0.2) is 93.1 Å². The minimum absolute atomic E-state index is 0.101. The first-order valence-corrected chi connectivity index (χ1v) is 19.3. The van der Waals surface area contributed by atoms with E-state index in [1.165, 1.54) is 14.2 Å². The van der Waals surface area contributed by atoms with E-state index in [2.05, 4.69) is 67.0 Å². The number of aromatic nitrogens is 4. The van der Waals surface area contributed by atoms with Crippen LogP contribution in [0.2, 0.25) is 0 Å². The molecule has 2 aliphatic rings. The van der Waals surface area contributed by atoms with Gasteiger partial charge in [0.1, 0.15) is 23.7 Å². The van der Waals surface area contributed by atoms with Crippen molar-refractivity contribution in [2.75, 3.05) is 27.3 Å². The van der Waals surface area contributed by atoms with Crippen LogP contribution >= 0.6 is 0 Å². The molecular weight excluding hydrogens is 713 g/mol. The molecule has 0 unspecified atom stereocenters. The van der Waals surface area contributed by atoms with E-state index in [9.17, 15) is 19.2 Å². The summed E-state index contributed by atoms with van der Waals surface area (Å²) in [6.07, 6.45) is 9.75. The molecule has 0 saturated carbocycles. The molecule has 2 aromatic carbocycles. The van der Waals surface area contributed by atoms with Crippen molar-refractivity contribution in [1.29, 1.82) is 0 Å². The molecular formula is C42H52N8O6. The number of benzene rings is 2. The summed E-state index contributed by atoms with van der Waals surface area (Å²) in [4.78, 5) is 70.6. The van der Waals surface area contributed by atoms with Gasteiger partial charge in [-0.2, -0.15) is 0 Å². The van der Waals surface area contributed by atoms with E-state index in [0.717, 1.165) is 71.0 Å². The number of ether oxygens (including phenoxy) is 2. The third-order valence-corrected chi connectivity index (χ3v) is 10.6. The van der Waals surface area contributed by atoms with E-state index in [-0.39, 0.29) is 35.7 Å². The van der Waals surface area contributed by atoms with E-state index < -0.39 is 24.3 Å². The van der Waals surface area contributed by atoms with E-state index in [0.29, 0.717) is 13.1 Å². The van der Waals surface area contributed by atoms with Gasteiger partial charge in [-0.1, -0.05) is 88.4 Å². The smallest absolute Gasteiger partial charge is 0.407 e. The molecule has 14 nitrogen and oxygen atoms in total. The summed E-state index contributed by atoms with van der Waals surface area (Å²) in [5, 5.41) is 5.38. The Morgan fingerprint density at radius 2 is 1.04 bits per heavy atom. The summed E-state index contributed by atoms with van der Waals surface area (Å²) in [6.45, 7) is 8.80. The molecule has 0 radical (unpaired) electrons. The van der Waals surface area contributed by atoms with Crippen molar-refractivity contribution in [2.24, 2.45) is 11.8 Å². The van der Waals surface area contributed by atoms with E-state index >= 15 is 0 Å². The van der Waals surface area contributed by atoms with Gasteiger partial charge in [0.05, 0.1) is 50.1 Å². The lowest BCUT2D eigenvalue weighted by Gasteiger charge is -2.30. The number of likely N-dealkylation sites (tertiary alicyclic amines) is 2. The molecule has 4 N–H and O–H groups in total. The molecule has 2 saturated heterocycles. The number of methoxy groups -OCH3 is 2. The van der Waals surface area contributed by atoms with Gasteiger partial charge < -0.3 is 39.9 Å². The summed E-state index contributed by atoms with van der Waals surface area (Å²) in [7, 11) is 2.58. The Balaban J connectivity index is 1.06. The molecule has 2 aromatic heterocycles. The first-order chi connectivity index (χ1) is 27.0. The van der Waals surface area contributed by atoms with Crippen LogP contribution in [0.4, 0.5) is 9.59 Å². The zero-order valence-electron chi connectivity index (χ0n) is 32.9. The summed E-state index contributed by atoms with van der Waals surface area (Å²) in [6, 6.07) is 14.6. The minimum atomic E-state index is -0.683. The summed E-state index contributed by atoms with van der Waals surface area (Å²) in [5.74, 6) is 0.977. The maximum atomic E-state index is 13.5. The summed E-state index contributed by atoms with van der Waals surface area (Å²) >= 11 is 0. The first kappa shape index (κ1) is 39.8. The number of rotatable bonds is 12. The van der Waals surface area contributed by atoms with Crippen molar-refractivity contribution in [3.8, 4) is 22.5 Å². The summed E-state index contributed by atoms with van der Waals surface area (Å²) in [5.41, 5.74) is 5.77. The lowest BCUT2D eigenvalue weighted by atomic mass is 10.0. The number of carbonyl (C=O) groups is 4. The molecule has 4 heterocycles. The van der Waals surface area contributed by atoms with Gasteiger partial charge in [-0.15, -0.1) is 0 Å². The van der Waals surface area contributed by atoms with E-state index in [1.807, 2.05) is 52.0 Å². The third-order valence-electron chi connectivity index (χ3n) is 10.6. The number of amides is 4. The van der Waals surface area contributed by atoms with Crippen molar-refractivity contribution >= 4 is 36.2 Å².